The molecule has 33 heavy (non-hydrogen) atoms. The van der Waals surface area contributed by atoms with Crippen molar-refractivity contribution in [2.24, 2.45) is 5.10 Å². The van der Waals surface area contributed by atoms with E-state index in [9.17, 15) is 13.2 Å². The highest BCUT2D eigenvalue weighted by molar-refractivity contribution is 14.1. The molecule has 3 aromatic rings. The number of sulfonamides is 1. The number of benzene rings is 3. The van der Waals surface area contributed by atoms with Gasteiger partial charge in [0.15, 0.2) is 0 Å². The van der Waals surface area contributed by atoms with Gasteiger partial charge < -0.3 is 0 Å². The average Bonchev–Trinajstić information content (AvgIpc) is 2.81. The maximum atomic E-state index is 13.6. The fraction of sp³-hybridized carbons (Fsp3) is 0.200. The molecule has 0 spiro atoms. The molecule has 0 radical (unpaired) electrons. The molecule has 0 fully saturated rings. The van der Waals surface area contributed by atoms with Gasteiger partial charge in [-0.1, -0.05) is 55.0 Å². The number of carbonyl (C=O) groups excluding carboxylic acids is 1. The van der Waals surface area contributed by atoms with Gasteiger partial charge >= 0.3 is 0 Å². The molecular formula is C25H26IN3O3S. The number of amides is 1. The van der Waals surface area contributed by atoms with E-state index in [-0.39, 0.29) is 4.90 Å². The van der Waals surface area contributed by atoms with E-state index in [1.165, 1.54) is 0 Å². The van der Waals surface area contributed by atoms with Gasteiger partial charge in [-0.05, 0) is 84.3 Å². The second kappa shape index (κ2) is 10.9. The number of halogens is 1. The first-order valence-corrected chi connectivity index (χ1v) is 13.0. The van der Waals surface area contributed by atoms with Gasteiger partial charge in [0.1, 0.15) is 6.54 Å². The quantitative estimate of drug-likeness (QED) is 0.236. The van der Waals surface area contributed by atoms with Crippen LogP contribution in [-0.2, 0) is 21.2 Å². The summed E-state index contributed by atoms with van der Waals surface area (Å²) < 4.78 is 29.3. The summed E-state index contributed by atoms with van der Waals surface area (Å²) in [5.41, 5.74) is 6.28. The van der Waals surface area contributed by atoms with Crippen molar-refractivity contribution in [3.8, 4) is 0 Å². The van der Waals surface area contributed by atoms with Crippen molar-refractivity contribution in [3.05, 3.63) is 93.1 Å². The molecule has 1 N–H and O–H groups in total. The summed E-state index contributed by atoms with van der Waals surface area (Å²) >= 11 is 2.21. The lowest BCUT2D eigenvalue weighted by Gasteiger charge is -2.26. The Morgan fingerprint density at radius 3 is 2.39 bits per heavy atom. The maximum absolute atomic E-state index is 13.6. The van der Waals surface area contributed by atoms with Crippen LogP contribution in [0.15, 0.2) is 82.8 Å². The zero-order chi connectivity index (χ0) is 24.0. The Morgan fingerprint density at radius 2 is 1.73 bits per heavy atom. The topological polar surface area (TPSA) is 78.8 Å². The zero-order valence-electron chi connectivity index (χ0n) is 18.7. The molecule has 0 saturated heterocycles. The Balaban J connectivity index is 1.92. The Morgan fingerprint density at radius 1 is 1.03 bits per heavy atom. The van der Waals surface area contributed by atoms with Gasteiger partial charge in [0.25, 0.3) is 15.9 Å². The van der Waals surface area contributed by atoms with E-state index >= 15 is 0 Å². The second-order valence-electron chi connectivity index (χ2n) is 7.55. The zero-order valence-corrected chi connectivity index (χ0v) is 21.7. The lowest BCUT2D eigenvalue weighted by molar-refractivity contribution is -0.119. The molecule has 0 saturated carbocycles. The molecule has 3 aromatic carbocycles. The van der Waals surface area contributed by atoms with E-state index in [2.05, 4.69) is 33.1 Å². The van der Waals surface area contributed by atoms with Crippen LogP contribution in [0.4, 0.5) is 5.69 Å². The van der Waals surface area contributed by atoms with Gasteiger partial charge in [0.2, 0.25) is 0 Å². The summed E-state index contributed by atoms with van der Waals surface area (Å²) in [5.74, 6) is -0.526. The largest absolute Gasteiger partial charge is 0.271 e. The molecule has 0 unspecified atom stereocenters. The monoisotopic (exact) mass is 575 g/mol. The summed E-state index contributed by atoms with van der Waals surface area (Å²) in [6, 6.07) is 21.5. The average molecular weight is 575 g/mol. The minimum absolute atomic E-state index is 0.130. The van der Waals surface area contributed by atoms with E-state index in [0.717, 1.165) is 24.6 Å². The highest BCUT2D eigenvalue weighted by Crippen LogP contribution is 2.27. The van der Waals surface area contributed by atoms with Gasteiger partial charge in [-0.25, -0.2) is 13.8 Å². The molecule has 172 valence electrons. The van der Waals surface area contributed by atoms with Crippen LogP contribution in [-0.4, -0.2) is 26.6 Å². The summed E-state index contributed by atoms with van der Waals surface area (Å²) in [4.78, 5) is 13.0. The number of carbonyl (C=O) groups is 1. The maximum Gasteiger partial charge on any atom is 0.264 e. The molecule has 0 aromatic heterocycles. The van der Waals surface area contributed by atoms with Crippen LogP contribution in [0.2, 0.25) is 0 Å². The van der Waals surface area contributed by atoms with Crippen molar-refractivity contribution in [1.29, 1.82) is 0 Å². The van der Waals surface area contributed by atoms with Crippen LogP contribution >= 0.6 is 22.6 Å². The number of hydrogen-bond acceptors (Lipinski definition) is 4. The van der Waals surface area contributed by atoms with Crippen LogP contribution < -0.4 is 9.73 Å². The number of rotatable bonds is 8. The van der Waals surface area contributed by atoms with Crippen LogP contribution in [0.3, 0.4) is 0 Å². The minimum Gasteiger partial charge on any atom is -0.271 e. The van der Waals surface area contributed by atoms with Crippen LogP contribution in [0.1, 0.15) is 30.5 Å². The van der Waals surface area contributed by atoms with Crippen molar-refractivity contribution < 1.29 is 13.2 Å². The second-order valence-corrected chi connectivity index (χ2v) is 10.7. The number of aryl methyl sites for hydroxylation is 2. The van der Waals surface area contributed by atoms with E-state index in [4.69, 9.17) is 0 Å². The van der Waals surface area contributed by atoms with Crippen molar-refractivity contribution in [2.75, 3.05) is 10.8 Å². The van der Waals surface area contributed by atoms with Gasteiger partial charge in [-0.2, -0.15) is 5.10 Å². The molecule has 0 aliphatic heterocycles. The van der Waals surface area contributed by atoms with E-state index < -0.39 is 22.5 Å². The van der Waals surface area contributed by atoms with E-state index in [1.54, 1.807) is 43.3 Å². The number of para-hydroxylation sites is 1. The third-order valence-corrected chi connectivity index (χ3v) is 7.57. The normalized spacial score (nSPS) is 11.8. The van der Waals surface area contributed by atoms with Gasteiger partial charge in [-0.3, -0.25) is 9.10 Å². The number of nitrogens with one attached hydrogen (secondary N) is 1. The Kier molecular flexibility index (Phi) is 8.25. The predicted octanol–water partition coefficient (Wildman–Crippen LogP) is 4.90. The van der Waals surface area contributed by atoms with Gasteiger partial charge in [-0.15, -0.1) is 0 Å². The molecule has 0 aliphatic rings. The summed E-state index contributed by atoms with van der Waals surface area (Å²) in [7, 11) is -3.97. The number of hydrogen-bond donors (Lipinski definition) is 1. The lowest BCUT2D eigenvalue weighted by atomic mass is 10.1. The number of hydrazone groups is 1. The SMILES string of the molecule is CCc1ccccc1N(CC(=O)NN=C(C)c1cccc(I)c1)S(=O)(=O)c1ccc(C)cc1. The number of anilines is 1. The smallest absolute Gasteiger partial charge is 0.264 e. The fourth-order valence-electron chi connectivity index (χ4n) is 3.28. The summed E-state index contributed by atoms with van der Waals surface area (Å²) in [6.07, 6.45) is 0.627. The van der Waals surface area contributed by atoms with Crippen molar-refractivity contribution >= 4 is 49.9 Å². The van der Waals surface area contributed by atoms with Gasteiger partial charge in [0, 0.05) is 3.57 Å². The molecule has 0 atom stereocenters. The first kappa shape index (κ1) is 24.9. The Labute approximate surface area is 208 Å². The third kappa shape index (κ3) is 6.20. The molecule has 0 bridgehead atoms. The molecule has 0 aliphatic carbocycles. The Hall–Kier alpha value is -2.72. The summed E-state index contributed by atoms with van der Waals surface area (Å²) in [6.45, 7) is 5.24. The van der Waals surface area contributed by atoms with E-state index in [0.29, 0.717) is 17.8 Å². The highest BCUT2D eigenvalue weighted by Gasteiger charge is 2.28. The van der Waals surface area contributed by atoms with Crippen molar-refractivity contribution in [1.82, 2.24) is 5.43 Å². The molecular weight excluding hydrogens is 549 g/mol. The molecule has 8 heteroatoms. The first-order valence-electron chi connectivity index (χ1n) is 10.5. The molecule has 6 nitrogen and oxygen atoms in total. The fourth-order valence-corrected chi connectivity index (χ4v) is 5.28. The number of nitrogens with zero attached hydrogens (tertiary/aromatic N) is 2. The highest BCUT2D eigenvalue weighted by atomic mass is 127. The molecule has 3 rings (SSSR count). The van der Waals surface area contributed by atoms with Crippen LogP contribution in [0, 0.1) is 10.5 Å². The van der Waals surface area contributed by atoms with E-state index in [1.807, 2.05) is 50.2 Å². The van der Waals surface area contributed by atoms with Crippen LogP contribution in [0.25, 0.3) is 0 Å². The summed E-state index contributed by atoms with van der Waals surface area (Å²) in [5, 5.41) is 4.18. The van der Waals surface area contributed by atoms with Crippen LogP contribution in [0.5, 0.6) is 0 Å². The molecule has 0 heterocycles. The third-order valence-electron chi connectivity index (χ3n) is 5.13. The first-order chi connectivity index (χ1) is 15.7. The minimum atomic E-state index is -3.97. The standard InChI is InChI=1S/C25H26IN3O3S/c1-4-20-8-5-6-11-24(20)29(33(31,32)23-14-12-18(2)13-15-23)17-25(30)28-27-19(3)21-9-7-10-22(26)16-21/h5-16H,4,17H2,1-3H3,(H,28,30). The van der Waals surface area contributed by atoms with Gasteiger partial charge in [0.05, 0.1) is 16.3 Å². The van der Waals surface area contributed by atoms with Crippen molar-refractivity contribution in [2.45, 2.75) is 32.1 Å². The predicted molar refractivity (Wildman–Crippen MR) is 141 cm³/mol. The van der Waals surface area contributed by atoms with Crippen molar-refractivity contribution in [3.63, 3.8) is 0 Å². The Bertz CT molecular complexity index is 1270. The molecule has 1 amide bonds. The lowest BCUT2D eigenvalue weighted by Crippen LogP contribution is -2.40.